The Balaban J connectivity index is 2.02. The van der Waals surface area contributed by atoms with Crippen molar-refractivity contribution < 1.29 is 28.2 Å². The molecule has 1 aliphatic rings. The van der Waals surface area contributed by atoms with Gasteiger partial charge in [-0.3, -0.25) is 4.79 Å². The largest absolute Gasteiger partial charge is 0.480 e. The summed E-state index contributed by atoms with van der Waals surface area (Å²) in [6.07, 6.45) is 1.49. The van der Waals surface area contributed by atoms with Crippen molar-refractivity contribution in [2.24, 2.45) is 5.92 Å². The number of hydrogen-bond donors (Lipinski definition) is 1. The first-order valence-electron chi connectivity index (χ1n) is 7.12. The van der Waals surface area contributed by atoms with Crippen molar-refractivity contribution >= 4 is 23.5 Å². The highest BCUT2D eigenvalue weighted by Gasteiger charge is 2.27. The van der Waals surface area contributed by atoms with Crippen LogP contribution in [0.3, 0.4) is 0 Å². The van der Waals surface area contributed by atoms with Crippen molar-refractivity contribution in [3.8, 4) is 0 Å². The average molecular weight is 348 g/mol. The van der Waals surface area contributed by atoms with Crippen molar-refractivity contribution in [2.75, 3.05) is 26.3 Å². The number of likely N-dealkylation sites (tertiary alicyclic amines) is 1. The molecular formula is C15H16ClF2NO4. The molecule has 1 aromatic rings. The van der Waals surface area contributed by atoms with Gasteiger partial charge in [0.1, 0.15) is 18.2 Å². The Bertz CT molecular complexity index is 611. The zero-order chi connectivity index (χ0) is 17.0. The third kappa shape index (κ3) is 4.62. The minimum Gasteiger partial charge on any atom is -0.480 e. The smallest absolute Gasteiger partial charge is 0.329 e. The number of nitrogens with zero attached hydrogens (tertiary/aromatic N) is 1. The van der Waals surface area contributed by atoms with Gasteiger partial charge in [-0.2, -0.15) is 0 Å². The molecule has 0 saturated carbocycles. The van der Waals surface area contributed by atoms with Crippen molar-refractivity contribution in [1.29, 1.82) is 0 Å². The maximum atomic E-state index is 13.8. The molecule has 1 aliphatic heterocycles. The molecule has 0 radical (unpaired) electrons. The van der Waals surface area contributed by atoms with Gasteiger partial charge >= 0.3 is 5.97 Å². The average Bonchev–Trinajstić information content (AvgIpc) is 2.50. The number of hydrogen-bond acceptors (Lipinski definition) is 3. The summed E-state index contributed by atoms with van der Waals surface area (Å²) in [5.74, 6) is -3.52. The zero-order valence-corrected chi connectivity index (χ0v) is 13.0. The Hall–Kier alpha value is -1.73. The number of carbonyl (C=O) groups excluding carboxylic acids is 1. The molecule has 8 heteroatoms. The SMILES string of the molecule is O=C(O)COCC1CCCN(C(=O)c2cc(Cl)c(F)cc2F)C1. The first kappa shape index (κ1) is 17.6. The van der Waals surface area contributed by atoms with E-state index in [0.29, 0.717) is 25.6 Å². The van der Waals surface area contributed by atoms with E-state index < -0.39 is 30.1 Å². The summed E-state index contributed by atoms with van der Waals surface area (Å²) in [4.78, 5) is 24.3. The first-order valence-corrected chi connectivity index (χ1v) is 7.49. The van der Waals surface area contributed by atoms with Crippen molar-refractivity contribution in [1.82, 2.24) is 4.90 Å². The Morgan fingerprint density at radius 3 is 2.78 bits per heavy atom. The second-order valence-electron chi connectivity index (χ2n) is 5.41. The van der Waals surface area contributed by atoms with Crippen molar-refractivity contribution in [3.63, 3.8) is 0 Å². The lowest BCUT2D eigenvalue weighted by atomic mass is 9.98. The third-order valence-electron chi connectivity index (χ3n) is 3.63. The number of aliphatic carboxylic acids is 1. The molecule has 2 rings (SSSR count). The molecule has 0 bridgehead atoms. The predicted molar refractivity (Wildman–Crippen MR) is 78.5 cm³/mol. The van der Waals surface area contributed by atoms with Crippen LogP contribution in [0.4, 0.5) is 8.78 Å². The number of halogens is 3. The van der Waals surface area contributed by atoms with Crippen LogP contribution in [0.25, 0.3) is 0 Å². The van der Waals surface area contributed by atoms with Crippen molar-refractivity contribution in [3.05, 3.63) is 34.4 Å². The second kappa shape index (κ2) is 7.70. The summed E-state index contributed by atoms with van der Waals surface area (Å²) < 4.78 is 32.0. The summed E-state index contributed by atoms with van der Waals surface area (Å²) in [6, 6.07) is 1.58. The Morgan fingerprint density at radius 1 is 1.35 bits per heavy atom. The van der Waals surface area contributed by atoms with Gasteiger partial charge in [0.15, 0.2) is 0 Å². The van der Waals surface area contributed by atoms with Gasteiger partial charge in [-0.25, -0.2) is 13.6 Å². The van der Waals surface area contributed by atoms with Crippen LogP contribution < -0.4 is 0 Å². The van der Waals surface area contributed by atoms with E-state index in [-0.39, 0.29) is 23.1 Å². The van der Waals surface area contributed by atoms with Crippen LogP contribution in [0.2, 0.25) is 5.02 Å². The number of carboxylic acid groups (broad SMARTS) is 1. The summed E-state index contributed by atoms with van der Waals surface area (Å²) in [5, 5.41) is 8.22. The van der Waals surface area contributed by atoms with Gasteiger partial charge in [0.2, 0.25) is 0 Å². The molecule has 1 aromatic carbocycles. The molecule has 1 N–H and O–H groups in total. The zero-order valence-electron chi connectivity index (χ0n) is 12.2. The fourth-order valence-corrected chi connectivity index (χ4v) is 2.72. The molecule has 0 aromatic heterocycles. The Morgan fingerprint density at radius 2 is 2.09 bits per heavy atom. The summed E-state index contributed by atoms with van der Waals surface area (Å²) in [5.41, 5.74) is -0.275. The molecule has 1 saturated heterocycles. The van der Waals surface area contributed by atoms with Gasteiger partial charge in [0.05, 0.1) is 17.2 Å². The molecule has 126 valence electrons. The van der Waals surface area contributed by atoms with Crippen LogP contribution >= 0.6 is 11.6 Å². The van der Waals surface area contributed by atoms with E-state index in [4.69, 9.17) is 21.4 Å². The van der Waals surface area contributed by atoms with E-state index in [2.05, 4.69) is 0 Å². The standard InChI is InChI=1S/C15H16ClF2NO4/c16-11-4-10(12(17)5-13(11)18)15(22)19-3-1-2-9(6-19)7-23-8-14(20)21/h4-5,9H,1-3,6-8H2,(H,20,21). The van der Waals surface area contributed by atoms with Gasteiger partial charge < -0.3 is 14.7 Å². The number of piperidine rings is 1. The summed E-state index contributed by atoms with van der Waals surface area (Å²) >= 11 is 5.61. The predicted octanol–water partition coefficient (Wildman–Crippen LogP) is 2.57. The second-order valence-corrected chi connectivity index (χ2v) is 5.82. The third-order valence-corrected chi connectivity index (χ3v) is 3.92. The topological polar surface area (TPSA) is 66.8 Å². The number of rotatable bonds is 5. The minimum atomic E-state index is -1.06. The summed E-state index contributed by atoms with van der Waals surface area (Å²) in [6.45, 7) is 0.588. The minimum absolute atomic E-state index is 0.0222. The van der Waals surface area contributed by atoms with E-state index in [1.165, 1.54) is 4.90 Å². The number of carboxylic acids is 1. The van der Waals surface area contributed by atoms with Crippen LogP contribution in [0.5, 0.6) is 0 Å². The Kier molecular flexibility index (Phi) is 5.90. The highest BCUT2D eigenvalue weighted by atomic mass is 35.5. The van der Waals surface area contributed by atoms with E-state index in [1.807, 2.05) is 0 Å². The van der Waals surface area contributed by atoms with Crippen LogP contribution in [-0.2, 0) is 9.53 Å². The van der Waals surface area contributed by atoms with Gasteiger partial charge in [0.25, 0.3) is 5.91 Å². The molecule has 1 atom stereocenters. The van der Waals surface area contributed by atoms with Gasteiger partial charge in [-0.15, -0.1) is 0 Å². The molecule has 0 spiro atoms. The lowest BCUT2D eigenvalue weighted by Gasteiger charge is -2.32. The van der Waals surface area contributed by atoms with Crippen LogP contribution in [-0.4, -0.2) is 48.2 Å². The Labute approximate surface area is 136 Å². The first-order chi connectivity index (χ1) is 10.9. The molecule has 0 aliphatic carbocycles. The van der Waals surface area contributed by atoms with Crippen LogP contribution in [0, 0.1) is 17.6 Å². The van der Waals surface area contributed by atoms with Gasteiger partial charge in [0, 0.05) is 19.2 Å². The van der Waals surface area contributed by atoms with E-state index in [0.717, 1.165) is 12.5 Å². The number of ether oxygens (including phenoxy) is 1. The molecular weight excluding hydrogens is 332 g/mol. The van der Waals surface area contributed by atoms with Crippen LogP contribution in [0.15, 0.2) is 12.1 Å². The quantitative estimate of drug-likeness (QED) is 0.831. The number of carbonyl (C=O) groups is 2. The molecule has 23 heavy (non-hydrogen) atoms. The molecule has 1 unspecified atom stereocenters. The molecule has 1 fully saturated rings. The molecule has 1 heterocycles. The normalized spacial score (nSPS) is 18.0. The van der Waals surface area contributed by atoms with E-state index >= 15 is 0 Å². The van der Waals surface area contributed by atoms with Crippen LogP contribution in [0.1, 0.15) is 23.2 Å². The fraction of sp³-hybridized carbons (Fsp3) is 0.467. The lowest BCUT2D eigenvalue weighted by Crippen LogP contribution is -2.41. The molecule has 5 nitrogen and oxygen atoms in total. The van der Waals surface area contributed by atoms with E-state index in [1.54, 1.807) is 0 Å². The number of benzene rings is 1. The molecule has 1 amide bonds. The lowest BCUT2D eigenvalue weighted by molar-refractivity contribution is -0.142. The highest BCUT2D eigenvalue weighted by Crippen LogP contribution is 2.23. The monoisotopic (exact) mass is 347 g/mol. The maximum absolute atomic E-state index is 13.8. The maximum Gasteiger partial charge on any atom is 0.329 e. The van der Waals surface area contributed by atoms with Gasteiger partial charge in [-0.05, 0) is 24.8 Å². The van der Waals surface area contributed by atoms with Gasteiger partial charge in [-0.1, -0.05) is 11.6 Å². The number of amides is 1. The van der Waals surface area contributed by atoms with Crippen molar-refractivity contribution in [2.45, 2.75) is 12.8 Å². The fourth-order valence-electron chi connectivity index (χ4n) is 2.56. The van der Waals surface area contributed by atoms with E-state index in [9.17, 15) is 18.4 Å². The highest BCUT2D eigenvalue weighted by molar-refractivity contribution is 6.31. The summed E-state index contributed by atoms with van der Waals surface area (Å²) in [7, 11) is 0.